The van der Waals surface area contributed by atoms with Crippen molar-refractivity contribution in [2.45, 2.75) is 19.7 Å². The molecule has 0 heterocycles. The van der Waals surface area contributed by atoms with Gasteiger partial charge in [-0.2, -0.15) is 4.79 Å². The molecular weight excluding hydrogens is 285 g/mol. The van der Waals surface area contributed by atoms with Crippen molar-refractivity contribution in [3.63, 3.8) is 0 Å². The summed E-state index contributed by atoms with van der Waals surface area (Å²) >= 11 is 0. The average molecular weight is 295 g/mol. The molecule has 0 N–H and O–H groups in total. The first-order valence-electron chi connectivity index (χ1n) is 5.67. The van der Waals surface area contributed by atoms with E-state index in [9.17, 15) is 24.1 Å². The molecule has 1 aromatic carbocycles. The number of alkyl halides is 1. The van der Waals surface area contributed by atoms with Crippen LogP contribution in [0.25, 0.3) is 5.53 Å². The van der Waals surface area contributed by atoms with Gasteiger partial charge in [-0.05, 0) is 24.6 Å². The zero-order chi connectivity index (χ0) is 16.0. The maximum absolute atomic E-state index is 12.8. The molecule has 1 rings (SSSR count). The highest BCUT2D eigenvalue weighted by Gasteiger charge is 2.35. The van der Waals surface area contributed by atoms with E-state index in [0.29, 0.717) is 5.56 Å². The minimum atomic E-state index is -2.01. The second-order valence-electron chi connectivity index (χ2n) is 3.93. The first kappa shape index (κ1) is 16.1. The summed E-state index contributed by atoms with van der Waals surface area (Å²) in [5, 5.41) is 10.4. The van der Waals surface area contributed by atoms with E-state index in [4.69, 9.17) is 5.53 Å². The molecule has 0 aliphatic carbocycles. The van der Waals surface area contributed by atoms with Crippen LogP contribution in [-0.4, -0.2) is 33.3 Å². The van der Waals surface area contributed by atoms with Gasteiger partial charge in [0.1, 0.15) is 6.61 Å². The van der Waals surface area contributed by atoms with Gasteiger partial charge in [-0.15, -0.1) is 0 Å². The van der Waals surface area contributed by atoms with Crippen molar-refractivity contribution >= 4 is 23.2 Å². The molecule has 0 aromatic heterocycles. The number of ether oxygens (including phenoxy) is 1. The molecule has 21 heavy (non-hydrogen) atoms. The highest BCUT2D eigenvalue weighted by molar-refractivity contribution is 6.63. The Kier molecular flexibility index (Phi) is 5.39. The number of rotatable bonds is 6. The summed E-state index contributed by atoms with van der Waals surface area (Å²) < 4.78 is 17.4. The van der Waals surface area contributed by atoms with E-state index < -0.39 is 28.6 Å². The molecule has 0 amide bonds. The van der Waals surface area contributed by atoms with Crippen LogP contribution in [0.2, 0.25) is 0 Å². The zero-order valence-corrected chi connectivity index (χ0v) is 10.9. The van der Waals surface area contributed by atoms with Crippen LogP contribution in [0.3, 0.4) is 0 Å². The molecule has 0 fully saturated rings. The number of Topliss-reactive ketones (excluding diaryl/α,β-unsaturated/α-hetero) is 1. The molecule has 0 aliphatic rings. The summed E-state index contributed by atoms with van der Waals surface area (Å²) in [5.74, 6) is -2.59. The van der Waals surface area contributed by atoms with E-state index in [0.717, 1.165) is 6.92 Å². The van der Waals surface area contributed by atoms with Gasteiger partial charge in [0.2, 0.25) is 0 Å². The second-order valence-corrected chi connectivity index (χ2v) is 3.93. The lowest BCUT2D eigenvalue weighted by Gasteiger charge is -2.02. The molecule has 0 spiro atoms. The van der Waals surface area contributed by atoms with Crippen molar-refractivity contribution in [3.05, 3.63) is 45.5 Å². The summed E-state index contributed by atoms with van der Waals surface area (Å²) in [7, 11) is 0. The highest BCUT2D eigenvalue weighted by atomic mass is 19.1. The lowest BCUT2D eigenvalue weighted by molar-refractivity contribution is -0.384. The SMILES string of the molecule is CC(F)C(=O)C(=[N+]=[N-])C(=O)OCc1ccc([N+](=O)[O-])cc1. The predicted octanol–water partition coefficient (Wildman–Crippen LogP) is 1.24. The van der Waals surface area contributed by atoms with Crippen LogP contribution >= 0.6 is 0 Å². The summed E-state index contributed by atoms with van der Waals surface area (Å²) in [4.78, 5) is 34.9. The van der Waals surface area contributed by atoms with E-state index >= 15 is 0 Å². The van der Waals surface area contributed by atoms with Gasteiger partial charge in [0.15, 0.2) is 6.17 Å². The van der Waals surface area contributed by atoms with Crippen LogP contribution in [0, 0.1) is 10.1 Å². The van der Waals surface area contributed by atoms with Crippen LogP contribution in [-0.2, 0) is 20.9 Å². The molecular formula is C12H10FN3O5. The summed E-state index contributed by atoms with van der Waals surface area (Å²) in [5.41, 5.74) is 7.76. The van der Waals surface area contributed by atoms with Gasteiger partial charge in [-0.1, -0.05) is 0 Å². The van der Waals surface area contributed by atoms with Gasteiger partial charge in [0, 0.05) is 12.1 Å². The van der Waals surface area contributed by atoms with Gasteiger partial charge in [0.05, 0.1) is 4.92 Å². The number of nitro benzene ring substituents is 1. The number of nitrogens with zero attached hydrogens (tertiary/aromatic N) is 3. The number of non-ortho nitro benzene ring substituents is 1. The minimum absolute atomic E-state index is 0.135. The summed E-state index contributed by atoms with van der Waals surface area (Å²) in [6.45, 7) is 0.570. The smallest absolute Gasteiger partial charge is 0.444 e. The molecule has 9 heteroatoms. The Bertz CT molecular complexity index is 620. The van der Waals surface area contributed by atoms with Gasteiger partial charge in [-0.3, -0.25) is 14.9 Å². The Balaban J connectivity index is 2.70. The number of carbonyl (C=O) groups excluding carboxylic acids is 2. The molecule has 110 valence electrons. The third-order valence-corrected chi connectivity index (χ3v) is 2.41. The first-order chi connectivity index (χ1) is 9.86. The van der Waals surface area contributed by atoms with Crippen molar-refractivity contribution in [1.82, 2.24) is 0 Å². The minimum Gasteiger partial charge on any atom is -0.452 e. The van der Waals surface area contributed by atoms with E-state index in [1.165, 1.54) is 24.3 Å². The lowest BCUT2D eigenvalue weighted by atomic mass is 10.2. The van der Waals surface area contributed by atoms with E-state index in [1.54, 1.807) is 0 Å². The van der Waals surface area contributed by atoms with Gasteiger partial charge >= 0.3 is 11.7 Å². The number of hydrogen-bond donors (Lipinski definition) is 0. The standard InChI is InChI=1S/C12H10FN3O5/c1-7(13)11(17)10(15-14)12(18)21-6-8-2-4-9(5-3-8)16(19)20/h2-5,7H,6H2,1H3. The summed E-state index contributed by atoms with van der Waals surface area (Å²) in [6.07, 6.45) is -2.01. The molecule has 1 aromatic rings. The van der Waals surface area contributed by atoms with Crippen molar-refractivity contribution in [3.8, 4) is 0 Å². The molecule has 8 nitrogen and oxygen atoms in total. The number of benzene rings is 1. The van der Waals surface area contributed by atoms with E-state index in [2.05, 4.69) is 9.53 Å². The Morgan fingerprint density at radius 1 is 1.43 bits per heavy atom. The Labute approximate surface area is 117 Å². The molecule has 0 saturated carbocycles. The number of esters is 1. The average Bonchev–Trinajstić information content (AvgIpc) is 2.46. The van der Waals surface area contributed by atoms with E-state index in [-0.39, 0.29) is 12.3 Å². The molecule has 0 bridgehead atoms. The third-order valence-electron chi connectivity index (χ3n) is 2.41. The predicted molar refractivity (Wildman–Crippen MR) is 67.1 cm³/mol. The molecule has 1 atom stereocenters. The maximum Gasteiger partial charge on any atom is 0.444 e. The van der Waals surface area contributed by atoms with Crippen LogP contribution in [0.15, 0.2) is 24.3 Å². The second kappa shape index (κ2) is 7.01. The third kappa shape index (κ3) is 4.29. The largest absolute Gasteiger partial charge is 0.452 e. The van der Waals surface area contributed by atoms with Crippen molar-refractivity contribution in [2.75, 3.05) is 0 Å². The lowest BCUT2D eigenvalue weighted by Crippen LogP contribution is -2.32. The Morgan fingerprint density at radius 2 is 2.00 bits per heavy atom. The molecule has 1 unspecified atom stereocenters. The summed E-state index contributed by atoms with van der Waals surface area (Å²) in [6, 6.07) is 5.11. The van der Waals surface area contributed by atoms with Crippen molar-refractivity contribution < 1.29 is 28.4 Å². The highest BCUT2D eigenvalue weighted by Crippen LogP contribution is 2.12. The fraction of sp³-hybridized carbons (Fsp3) is 0.250. The van der Waals surface area contributed by atoms with Crippen molar-refractivity contribution in [2.24, 2.45) is 0 Å². The Hall–Kier alpha value is -2.93. The molecule has 0 radical (unpaired) electrons. The number of carbonyl (C=O) groups is 2. The van der Waals surface area contributed by atoms with E-state index in [1.807, 2.05) is 0 Å². The zero-order valence-electron chi connectivity index (χ0n) is 10.9. The van der Waals surface area contributed by atoms with Crippen LogP contribution < -0.4 is 0 Å². The maximum atomic E-state index is 12.8. The topological polar surface area (TPSA) is 123 Å². The monoisotopic (exact) mass is 295 g/mol. The van der Waals surface area contributed by atoms with Gasteiger partial charge in [-0.25, -0.2) is 9.18 Å². The van der Waals surface area contributed by atoms with Crippen LogP contribution in [0.1, 0.15) is 12.5 Å². The molecule has 0 aliphatic heterocycles. The normalized spacial score (nSPS) is 11.1. The van der Waals surface area contributed by atoms with Crippen LogP contribution in [0.5, 0.6) is 0 Å². The fourth-order valence-electron chi connectivity index (χ4n) is 1.31. The van der Waals surface area contributed by atoms with Gasteiger partial charge in [0.25, 0.3) is 11.5 Å². The number of nitro groups is 1. The quantitative estimate of drug-likeness (QED) is 0.148. The fourth-order valence-corrected chi connectivity index (χ4v) is 1.31. The number of halogens is 1. The Morgan fingerprint density at radius 3 is 2.43 bits per heavy atom. The van der Waals surface area contributed by atoms with Gasteiger partial charge < -0.3 is 10.3 Å². The first-order valence-corrected chi connectivity index (χ1v) is 5.67. The number of ketones is 1. The van der Waals surface area contributed by atoms with Crippen LogP contribution in [0.4, 0.5) is 10.1 Å². The molecule has 0 saturated heterocycles. The number of hydrogen-bond acceptors (Lipinski definition) is 5. The van der Waals surface area contributed by atoms with Crippen molar-refractivity contribution in [1.29, 1.82) is 0 Å².